The van der Waals surface area contributed by atoms with Crippen LogP contribution in [0.1, 0.15) is 23.1 Å². The third kappa shape index (κ3) is 3.35. The lowest BCUT2D eigenvalue weighted by Crippen LogP contribution is -2.29. The zero-order valence-electron chi connectivity index (χ0n) is 16.3. The summed E-state index contributed by atoms with van der Waals surface area (Å²) in [6, 6.07) is 15.7. The van der Waals surface area contributed by atoms with E-state index in [-0.39, 0.29) is 11.3 Å². The van der Waals surface area contributed by atoms with E-state index in [0.717, 1.165) is 0 Å². The Morgan fingerprint density at radius 1 is 1.10 bits per heavy atom. The van der Waals surface area contributed by atoms with Crippen molar-refractivity contribution >= 4 is 34.7 Å². The maximum Gasteiger partial charge on any atom is 0.300 e. The molecule has 6 nitrogen and oxygen atoms in total. The van der Waals surface area contributed by atoms with E-state index in [1.807, 2.05) is 0 Å². The topological polar surface area (TPSA) is 80.0 Å². The summed E-state index contributed by atoms with van der Waals surface area (Å²) < 4.78 is 11.0. The second-order valence-corrected chi connectivity index (χ2v) is 7.27. The fourth-order valence-corrected chi connectivity index (χ4v) is 3.71. The van der Waals surface area contributed by atoms with E-state index in [1.54, 1.807) is 61.5 Å². The van der Waals surface area contributed by atoms with Crippen molar-refractivity contribution in [3.05, 3.63) is 88.3 Å². The van der Waals surface area contributed by atoms with Crippen molar-refractivity contribution in [1.82, 2.24) is 0 Å². The molecule has 1 aliphatic rings. The Labute approximate surface area is 177 Å². The molecule has 1 saturated heterocycles. The molecule has 1 unspecified atom stereocenters. The molecule has 7 heteroatoms. The second-order valence-electron chi connectivity index (χ2n) is 6.83. The van der Waals surface area contributed by atoms with E-state index >= 15 is 0 Å². The van der Waals surface area contributed by atoms with Gasteiger partial charge in [-0.25, -0.2) is 0 Å². The minimum absolute atomic E-state index is 0.0700. The van der Waals surface area contributed by atoms with Gasteiger partial charge in [0.05, 0.1) is 12.7 Å². The zero-order chi connectivity index (χ0) is 21.4. The number of furan rings is 1. The molecule has 152 valence electrons. The minimum Gasteiger partial charge on any atom is -0.507 e. The Kier molecular flexibility index (Phi) is 5.10. The van der Waals surface area contributed by atoms with Gasteiger partial charge in [-0.2, -0.15) is 0 Å². The van der Waals surface area contributed by atoms with Crippen LogP contribution in [0.25, 0.3) is 5.76 Å². The molecule has 2 heterocycles. The number of anilines is 1. The number of carbonyl (C=O) groups is 2. The third-order valence-corrected chi connectivity index (χ3v) is 5.14. The summed E-state index contributed by atoms with van der Waals surface area (Å²) in [4.78, 5) is 27.4. The summed E-state index contributed by atoms with van der Waals surface area (Å²) in [5.74, 6) is -0.402. The second kappa shape index (κ2) is 7.72. The molecule has 30 heavy (non-hydrogen) atoms. The molecular formula is C23H18ClNO5. The van der Waals surface area contributed by atoms with Crippen LogP contribution in [0.5, 0.6) is 5.75 Å². The van der Waals surface area contributed by atoms with Gasteiger partial charge < -0.3 is 14.3 Å². The number of Topliss-reactive ketones (excluding diaryl/α,β-unsaturated/α-hetero) is 1. The van der Waals surface area contributed by atoms with Crippen LogP contribution < -0.4 is 9.64 Å². The lowest BCUT2D eigenvalue weighted by Gasteiger charge is -2.23. The van der Waals surface area contributed by atoms with Crippen molar-refractivity contribution in [3.63, 3.8) is 0 Å². The number of aliphatic hydroxyl groups excluding tert-OH is 1. The van der Waals surface area contributed by atoms with Gasteiger partial charge in [-0.3, -0.25) is 14.5 Å². The lowest BCUT2D eigenvalue weighted by atomic mass is 9.99. The molecule has 1 atom stereocenters. The molecule has 1 fully saturated rings. The predicted molar refractivity (Wildman–Crippen MR) is 113 cm³/mol. The average molecular weight is 424 g/mol. The minimum atomic E-state index is -0.940. The number of aliphatic hydroxyl groups is 1. The third-order valence-electron chi connectivity index (χ3n) is 4.90. The number of ether oxygens (including phenoxy) is 1. The number of hydrogen-bond acceptors (Lipinski definition) is 5. The van der Waals surface area contributed by atoms with E-state index in [4.69, 9.17) is 20.8 Å². The lowest BCUT2D eigenvalue weighted by molar-refractivity contribution is -0.132. The number of rotatable bonds is 4. The van der Waals surface area contributed by atoms with Crippen LogP contribution in [0.2, 0.25) is 5.02 Å². The van der Waals surface area contributed by atoms with Crippen LogP contribution in [-0.2, 0) is 9.59 Å². The Hall–Kier alpha value is -3.51. The van der Waals surface area contributed by atoms with Crippen molar-refractivity contribution in [2.75, 3.05) is 12.0 Å². The molecule has 1 N–H and O–H groups in total. The van der Waals surface area contributed by atoms with Gasteiger partial charge in [0.25, 0.3) is 11.7 Å². The molecule has 0 spiro atoms. The van der Waals surface area contributed by atoms with Crippen LogP contribution in [0.4, 0.5) is 5.69 Å². The first-order valence-electron chi connectivity index (χ1n) is 9.18. The van der Waals surface area contributed by atoms with E-state index in [2.05, 4.69) is 0 Å². The van der Waals surface area contributed by atoms with E-state index in [1.165, 1.54) is 18.1 Å². The zero-order valence-corrected chi connectivity index (χ0v) is 17.0. The van der Waals surface area contributed by atoms with Gasteiger partial charge in [-0.05, 0) is 43.3 Å². The highest BCUT2D eigenvalue weighted by atomic mass is 35.5. The number of amides is 1. The number of benzene rings is 2. The van der Waals surface area contributed by atoms with Gasteiger partial charge in [0.2, 0.25) is 0 Å². The summed E-state index contributed by atoms with van der Waals surface area (Å²) in [5, 5.41) is 11.4. The number of methoxy groups -OCH3 is 1. The van der Waals surface area contributed by atoms with Crippen LogP contribution >= 0.6 is 11.6 Å². The Morgan fingerprint density at radius 2 is 1.87 bits per heavy atom. The molecule has 0 bridgehead atoms. The van der Waals surface area contributed by atoms with Crippen molar-refractivity contribution < 1.29 is 23.8 Å². The Balaban J connectivity index is 1.94. The van der Waals surface area contributed by atoms with Gasteiger partial charge in [-0.15, -0.1) is 0 Å². The average Bonchev–Trinajstić information content (AvgIpc) is 3.28. The first kappa shape index (κ1) is 19.8. The molecule has 2 aromatic carbocycles. The van der Waals surface area contributed by atoms with Crippen molar-refractivity contribution in [2.24, 2.45) is 0 Å². The fourth-order valence-electron chi connectivity index (χ4n) is 3.52. The molecule has 4 rings (SSSR count). The quantitative estimate of drug-likeness (QED) is 0.367. The smallest absolute Gasteiger partial charge is 0.300 e. The number of aryl methyl sites for hydroxylation is 1. The predicted octanol–water partition coefficient (Wildman–Crippen LogP) is 4.88. The number of halogens is 1. The van der Waals surface area contributed by atoms with Crippen LogP contribution in [-0.4, -0.2) is 23.9 Å². The van der Waals surface area contributed by atoms with Gasteiger partial charge in [0, 0.05) is 22.3 Å². The van der Waals surface area contributed by atoms with Crippen molar-refractivity contribution in [2.45, 2.75) is 13.0 Å². The largest absolute Gasteiger partial charge is 0.507 e. The normalized spacial score (nSPS) is 18.1. The maximum absolute atomic E-state index is 13.0. The number of carbonyl (C=O) groups excluding carboxylic acids is 2. The Bertz CT molecular complexity index is 1180. The van der Waals surface area contributed by atoms with E-state index in [9.17, 15) is 14.7 Å². The molecule has 0 radical (unpaired) electrons. The highest BCUT2D eigenvalue weighted by Crippen LogP contribution is 2.43. The first-order valence-corrected chi connectivity index (χ1v) is 9.56. The first-order chi connectivity index (χ1) is 14.4. The molecule has 1 amide bonds. The molecular weight excluding hydrogens is 406 g/mol. The van der Waals surface area contributed by atoms with Crippen LogP contribution in [0.3, 0.4) is 0 Å². The monoisotopic (exact) mass is 423 g/mol. The van der Waals surface area contributed by atoms with Gasteiger partial charge in [-0.1, -0.05) is 29.8 Å². The number of hydrogen-bond donors (Lipinski definition) is 1. The number of ketones is 1. The van der Waals surface area contributed by atoms with Crippen molar-refractivity contribution in [1.29, 1.82) is 0 Å². The van der Waals surface area contributed by atoms with E-state index < -0.39 is 17.7 Å². The summed E-state index contributed by atoms with van der Waals surface area (Å²) in [7, 11) is 1.51. The molecule has 1 aliphatic heterocycles. The molecule has 3 aromatic rings. The van der Waals surface area contributed by atoms with Gasteiger partial charge in [0.1, 0.15) is 29.1 Å². The van der Waals surface area contributed by atoms with Crippen molar-refractivity contribution in [3.8, 4) is 5.75 Å². The van der Waals surface area contributed by atoms with Gasteiger partial charge in [0.15, 0.2) is 0 Å². The highest BCUT2D eigenvalue weighted by Gasteiger charge is 2.48. The molecule has 0 saturated carbocycles. The molecule has 1 aromatic heterocycles. The highest BCUT2D eigenvalue weighted by molar-refractivity contribution is 6.51. The maximum atomic E-state index is 13.0. The SMILES string of the molecule is COc1cccc(N2C(=O)C(=O)/C(=C(\O)c3cccc(Cl)c3)C2c2ccc(C)o2)c1. The summed E-state index contributed by atoms with van der Waals surface area (Å²) in [5.41, 5.74) is 0.708. The summed E-state index contributed by atoms with van der Waals surface area (Å²) >= 11 is 6.05. The number of nitrogens with zero attached hydrogens (tertiary/aromatic N) is 1. The molecule has 0 aliphatic carbocycles. The van der Waals surface area contributed by atoms with Gasteiger partial charge >= 0.3 is 0 Å². The summed E-state index contributed by atoms with van der Waals surface area (Å²) in [6.45, 7) is 1.76. The fraction of sp³-hybridized carbons (Fsp3) is 0.130. The van der Waals surface area contributed by atoms with Crippen LogP contribution in [0, 0.1) is 6.92 Å². The standard InChI is InChI=1S/C23H18ClNO5/c1-13-9-10-18(30-13)20-19(21(26)14-5-3-6-15(24)11-14)22(27)23(28)25(20)16-7-4-8-17(12-16)29-2/h3-12,20,26H,1-2H3/b21-19-. The Morgan fingerprint density at radius 3 is 2.53 bits per heavy atom. The summed E-state index contributed by atoms with van der Waals surface area (Å²) in [6.07, 6.45) is 0. The van der Waals surface area contributed by atoms with Crippen LogP contribution in [0.15, 0.2) is 70.7 Å². The van der Waals surface area contributed by atoms with E-state index in [0.29, 0.717) is 33.5 Å².